The smallest absolute Gasteiger partial charge is 0.418 e. The summed E-state index contributed by atoms with van der Waals surface area (Å²) in [6.07, 6.45) is 2.38. The molecule has 39 heavy (non-hydrogen) atoms. The van der Waals surface area contributed by atoms with Gasteiger partial charge < -0.3 is 35.6 Å². The van der Waals surface area contributed by atoms with Crippen LogP contribution in [0.1, 0.15) is 23.2 Å². The van der Waals surface area contributed by atoms with Gasteiger partial charge in [-0.25, -0.2) is 14.6 Å². The van der Waals surface area contributed by atoms with Gasteiger partial charge in [0.25, 0.3) is 5.91 Å². The third-order valence-corrected chi connectivity index (χ3v) is 6.18. The molecule has 0 radical (unpaired) electrons. The zero-order chi connectivity index (χ0) is 28.1. The van der Waals surface area contributed by atoms with Crippen LogP contribution in [-0.4, -0.2) is 87.6 Å². The van der Waals surface area contributed by atoms with Gasteiger partial charge in [-0.1, -0.05) is 0 Å². The second-order valence-corrected chi connectivity index (χ2v) is 8.79. The zero-order valence-electron chi connectivity index (χ0n) is 21.0. The number of likely N-dealkylation sites (tertiary alicyclic amines) is 1. The summed E-state index contributed by atoms with van der Waals surface area (Å²) in [4.78, 5) is 54.7. The number of amides is 4. The van der Waals surface area contributed by atoms with Crippen molar-refractivity contribution in [2.45, 2.75) is 25.0 Å². The number of benzene rings is 1. The number of hydrogen-bond donors (Lipinski definition) is 5. The molecule has 0 bridgehead atoms. The van der Waals surface area contributed by atoms with Gasteiger partial charge in [-0.05, 0) is 37.1 Å². The Labute approximate surface area is 222 Å². The van der Waals surface area contributed by atoms with Crippen LogP contribution in [0.25, 0.3) is 10.9 Å². The normalized spacial score (nSPS) is 14.5. The minimum absolute atomic E-state index is 0.100. The molecule has 0 aliphatic carbocycles. The van der Waals surface area contributed by atoms with E-state index in [-0.39, 0.29) is 17.1 Å². The molecule has 3 aromatic rings. The van der Waals surface area contributed by atoms with E-state index in [1.54, 1.807) is 12.1 Å². The average Bonchev–Trinajstić information content (AvgIpc) is 3.31. The first-order valence-corrected chi connectivity index (χ1v) is 12.0. The lowest BCUT2D eigenvalue weighted by atomic mass is 10.1. The molecule has 6 N–H and O–H groups in total. The zero-order valence-corrected chi connectivity index (χ0v) is 21.0. The predicted molar refractivity (Wildman–Crippen MR) is 137 cm³/mol. The maximum Gasteiger partial charge on any atom is 0.418 e. The second kappa shape index (κ2) is 11.8. The molecule has 206 valence electrons. The molecular weight excluding hydrogens is 512 g/mol. The number of rotatable bonds is 7. The van der Waals surface area contributed by atoms with Crippen molar-refractivity contribution in [2.75, 3.05) is 32.1 Å². The van der Waals surface area contributed by atoms with Crippen LogP contribution in [0.15, 0.2) is 42.7 Å². The van der Waals surface area contributed by atoms with Gasteiger partial charge >= 0.3 is 12.1 Å². The van der Waals surface area contributed by atoms with E-state index in [9.17, 15) is 29.4 Å². The van der Waals surface area contributed by atoms with Gasteiger partial charge in [-0.2, -0.15) is 0 Å². The Bertz CT molecular complexity index is 1400. The van der Waals surface area contributed by atoms with Gasteiger partial charge in [0.15, 0.2) is 0 Å². The second-order valence-electron chi connectivity index (χ2n) is 8.79. The number of pyridine rings is 1. The number of urea groups is 1. The molecule has 3 heterocycles. The molecule has 4 amide bonds. The van der Waals surface area contributed by atoms with Gasteiger partial charge in [-0.3, -0.25) is 19.5 Å². The van der Waals surface area contributed by atoms with Gasteiger partial charge in [0, 0.05) is 36.9 Å². The summed E-state index contributed by atoms with van der Waals surface area (Å²) in [5, 5.41) is 24.6. The number of ether oxygens (including phenoxy) is 2. The molecular formula is C25H28N6O8. The largest absolute Gasteiger partial charge is 0.457 e. The summed E-state index contributed by atoms with van der Waals surface area (Å²) in [6.45, 7) is 0.0666. The van der Waals surface area contributed by atoms with Gasteiger partial charge in [0.2, 0.25) is 5.91 Å². The standard InChI is InChI=1S/C25H28N6O8/c1-38-25(37)31-12-18(22(26)34)17-10-15(2-3-20(17)31)39-16-4-7-27-21(11-16)29-24(36)28-19(13-32)23(35)30-8-5-14(33)6-9-30/h2-4,7,10-12,14,19,32-33H,5-6,8-9,13H2,1H3,(H2,26,34)(H2,27,28,29,36)/t19-/m0/s1. The average molecular weight is 541 g/mol. The van der Waals surface area contributed by atoms with Crippen molar-refractivity contribution in [2.24, 2.45) is 5.73 Å². The topological polar surface area (TPSA) is 198 Å². The number of nitrogens with two attached hydrogens (primary N) is 1. The third-order valence-electron chi connectivity index (χ3n) is 6.18. The highest BCUT2D eigenvalue weighted by Crippen LogP contribution is 2.29. The van der Waals surface area contributed by atoms with Crippen LogP contribution in [0.3, 0.4) is 0 Å². The summed E-state index contributed by atoms with van der Waals surface area (Å²) >= 11 is 0. The van der Waals surface area contributed by atoms with Crippen molar-refractivity contribution in [3.05, 3.63) is 48.3 Å². The van der Waals surface area contributed by atoms with Crippen LogP contribution in [-0.2, 0) is 9.53 Å². The van der Waals surface area contributed by atoms with Gasteiger partial charge in [-0.15, -0.1) is 0 Å². The lowest BCUT2D eigenvalue weighted by Gasteiger charge is -2.32. The fourth-order valence-corrected chi connectivity index (χ4v) is 4.20. The number of aromatic nitrogens is 2. The fraction of sp³-hybridized carbons (Fsp3) is 0.320. The van der Waals surface area contributed by atoms with Crippen molar-refractivity contribution < 1.29 is 38.9 Å². The fourth-order valence-electron chi connectivity index (χ4n) is 4.20. The Morgan fingerprint density at radius 2 is 1.87 bits per heavy atom. The highest BCUT2D eigenvalue weighted by molar-refractivity contribution is 6.08. The molecule has 1 aliphatic heterocycles. The molecule has 1 fully saturated rings. The number of nitrogens with one attached hydrogen (secondary N) is 2. The van der Waals surface area contributed by atoms with E-state index in [0.29, 0.717) is 42.6 Å². The van der Waals surface area contributed by atoms with Crippen LogP contribution in [0.4, 0.5) is 15.4 Å². The Morgan fingerprint density at radius 3 is 2.54 bits per heavy atom. The highest BCUT2D eigenvalue weighted by Gasteiger charge is 2.28. The van der Waals surface area contributed by atoms with Crippen LogP contribution in [0.2, 0.25) is 0 Å². The first kappa shape index (κ1) is 27.3. The molecule has 1 aromatic carbocycles. The van der Waals surface area contributed by atoms with Crippen molar-refractivity contribution in [3.63, 3.8) is 0 Å². The van der Waals surface area contributed by atoms with Crippen LogP contribution >= 0.6 is 0 Å². The third kappa shape index (κ3) is 6.25. The number of primary amides is 1. The Kier molecular flexibility index (Phi) is 8.27. The first-order chi connectivity index (χ1) is 18.7. The Balaban J connectivity index is 1.44. The quantitative estimate of drug-likeness (QED) is 0.290. The van der Waals surface area contributed by atoms with Gasteiger partial charge in [0.1, 0.15) is 23.4 Å². The summed E-state index contributed by atoms with van der Waals surface area (Å²) in [5.41, 5.74) is 5.96. The monoisotopic (exact) mass is 540 g/mol. The van der Waals surface area contributed by atoms with Crippen LogP contribution in [0, 0.1) is 0 Å². The summed E-state index contributed by atoms with van der Waals surface area (Å²) in [6, 6.07) is 5.71. The summed E-state index contributed by atoms with van der Waals surface area (Å²) in [7, 11) is 1.22. The van der Waals surface area contributed by atoms with E-state index in [4.69, 9.17) is 15.2 Å². The molecule has 1 aliphatic rings. The number of aliphatic hydroxyl groups excluding tert-OH is 2. The Hall–Kier alpha value is -4.69. The molecule has 4 rings (SSSR count). The number of hydrogen-bond acceptors (Lipinski definition) is 9. The maximum absolute atomic E-state index is 12.6. The SMILES string of the molecule is COC(=O)n1cc(C(N)=O)c2cc(Oc3ccnc(NC(=O)N[C@@H](CO)C(=O)N4CCC(O)CC4)c3)ccc21. The van der Waals surface area contributed by atoms with E-state index in [1.807, 2.05) is 0 Å². The lowest BCUT2D eigenvalue weighted by Crippen LogP contribution is -2.53. The number of carbonyl (C=O) groups is 4. The molecule has 0 spiro atoms. The number of piperidine rings is 1. The van der Waals surface area contributed by atoms with E-state index >= 15 is 0 Å². The summed E-state index contributed by atoms with van der Waals surface area (Å²) < 4.78 is 11.8. The molecule has 14 heteroatoms. The van der Waals surface area contributed by atoms with Crippen molar-refractivity contribution in [1.29, 1.82) is 0 Å². The minimum Gasteiger partial charge on any atom is -0.457 e. The number of nitrogens with zero attached hydrogens (tertiary/aromatic N) is 3. The number of aliphatic hydroxyl groups is 2. The van der Waals surface area contributed by atoms with Crippen molar-refractivity contribution in [3.8, 4) is 11.5 Å². The van der Waals surface area contributed by atoms with Crippen LogP contribution < -0.4 is 21.1 Å². The van der Waals surface area contributed by atoms with E-state index in [2.05, 4.69) is 15.6 Å². The highest BCUT2D eigenvalue weighted by atomic mass is 16.5. The van der Waals surface area contributed by atoms with Crippen LogP contribution in [0.5, 0.6) is 11.5 Å². The number of methoxy groups -OCH3 is 1. The van der Waals surface area contributed by atoms with Gasteiger partial charge in [0.05, 0.1) is 30.9 Å². The predicted octanol–water partition coefficient (Wildman–Crippen LogP) is 1.01. The first-order valence-electron chi connectivity index (χ1n) is 12.0. The number of fused-ring (bicyclic) bond motifs is 1. The summed E-state index contributed by atoms with van der Waals surface area (Å²) in [5.74, 6) is -0.484. The van der Waals surface area contributed by atoms with Crippen molar-refractivity contribution >= 4 is 40.7 Å². The van der Waals surface area contributed by atoms with Crippen molar-refractivity contribution in [1.82, 2.24) is 19.8 Å². The lowest BCUT2D eigenvalue weighted by molar-refractivity contribution is -0.136. The minimum atomic E-state index is -1.16. The Morgan fingerprint density at radius 1 is 1.15 bits per heavy atom. The molecule has 0 unspecified atom stereocenters. The molecule has 2 aromatic heterocycles. The molecule has 0 saturated carbocycles. The maximum atomic E-state index is 12.6. The molecule has 1 atom stereocenters. The van der Waals surface area contributed by atoms with E-state index in [0.717, 1.165) is 4.57 Å². The molecule has 1 saturated heterocycles. The number of anilines is 1. The van der Waals surface area contributed by atoms with E-state index < -0.39 is 42.7 Å². The number of carbonyl (C=O) groups excluding carboxylic acids is 4. The molecule has 14 nitrogen and oxygen atoms in total. The van der Waals surface area contributed by atoms with E-state index in [1.165, 1.54) is 42.6 Å².